The highest BCUT2D eigenvalue weighted by atomic mass is 32.2. The minimum absolute atomic E-state index is 0.0535. The van der Waals surface area contributed by atoms with E-state index in [1.165, 1.54) is 6.08 Å². The van der Waals surface area contributed by atoms with Crippen LogP contribution in [0.2, 0.25) is 0 Å². The highest BCUT2D eigenvalue weighted by molar-refractivity contribution is 8.02. The number of esters is 1. The molecule has 3 heterocycles. The quantitative estimate of drug-likeness (QED) is 0.309. The molecular weight excluding hydrogens is 516 g/mol. The molecule has 3 aliphatic heterocycles. The van der Waals surface area contributed by atoms with Crippen LogP contribution in [0.15, 0.2) is 49.6 Å². The first-order valence-corrected chi connectivity index (χ1v) is 14.4. The molecule has 9 heteroatoms. The van der Waals surface area contributed by atoms with E-state index in [0.29, 0.717) is 24.3 Å². The Bertz CT molecular complexity index is 1120. The van der Waals surface area contributed by atoms with Gasteiger partial charge < -0.3 is 24.4 Å². The Labute approximate surface area is 235 Å². The number of carbonyl (C=O) groups excluding carboxylic acids is 3. The van der Waals surface area contributed by atoms with Crippen molar-refractivity contribution < 1.29 is 29.0 Å². The maximum absolute atomic E-state index is 14.7. The fourth-order valence-corrected chi connectivity index (χ4v) is 9.09. The van der Waals surface area contributed by atoms with E-state index >= 15 is 0 Å². The molecular formula is C30H40N2O6S. The topological polar surface area (TPSA) is 96.4 Å². The van der Waals surface area contributed by atoms with Crippen LogP contribution in [-0.2, 0) is 19.1 Å². The van der Waals surface area contributed by atoms with Gasteiger partial charge >= 0.3 is 5.97 Å². The Morgan fingerprint density at radius 1 is 1.26 bits per heavy atom. The van der Waals surface area contributed by atoms with Gasteiger partial charge in [0.15, 0.2) is 0 Å². The molecule has 0 aromatic heterocycles. The number of hydrogen-bond acceptors (Lipinski definition) is 7. The van der Waals surface area contributed by atoms with Gasteiger partial charge in [-0.25, -0.2) is 0 Å². The molecule has 2 bridgehead atoms. The van der Waals surface area contributed by atoms with Gasteiger partial charge in [-0.3, -0.25) is 14.4 Å². The van der Waals surface area contributed by atoms with Crippen LogP contribution in [0.1, 0.15) is 40.0 Å². The van der Waals surface area contributed by atoms with Gasteiger partial charge in [-0.2, -0.15) is 0 Å². The molecule has 4 rings (SSSR count). The molecule has 1 N–H and O–H groups in total. The van der Waals surface area contributed by atoms with E-state index in [-0.39, 0.29) is 37.5 Å². The predicted octanol–water partition coefficient (Wildman–Crippen LogP) is 3.83. The molecule has 3 saturated heterocycles. The number of benzene rings is 1. The second kappa shape index (κ2) is 11.4. The van der Waals surface area contributed by atoms with Crippen LogP contribution in [0.3, 0.4) is 0 Å². The zero-order chi connectivity index (χ0) is 28.5. The number of hydrogen-bond donors (Lipinski definition) is 1. The number of rotatable bonds is 12. The summed E-state index contributed by atoms with van der Waals surface area (Å²) >= 11 is 1.59. The lowest BCUT2D eigenvalue weighted by Crippen LogP contribution is -2.58. The van der Waals surface area contributed by atoms with E-state index < -0.39 is 39.4 Å². The highest BCUT2D eigenvalue weighted by Gasteiger charge is 2.78. The van der Waals surface area contributed by atoms with Crippen molar-refractivity contribution in [3.63, 3.8) is 0 Å². The molecule has 8 nitrogen and oxygen atoms in total. The monoisotopic (exact) mass is 556 g/mol. The molecule has 2 unspecified atom stereocenters. The Balaban J connectivity index is 1.84. The lowest BCUT2D eigenvalue weighted by molar-refractivity contribution is -0.155. The van der Waals surface area contributed by atoms with E-state index in [1.807, 2.05) is 32.9 Å². The van der Waals surface area contributed by atoms with Crippen molar-refractivity contribution in [1.82, 2.24) is 4.90 Å². The van der Waals surface area contributed by atoms with Gasteiger partial charge in [-0.15, -0.1) is 18.3 Å². The van der Waals surface area contributed by atoms with Crippen LogP contribution < -0.4 is 9.64 Å². The van der Waals surface area contributed by atoms with Crippen molar-refractivity contribution in [3.8, 4) is 5.75 Å². The van der Waals surface area contributed by atoms with Crippen LogP contribution in [-0.4, -0.2) is 76.2 Å². The molecule has 0 aliphatic carbocycles. The molecule has 39 heavy (non-hydrogen) atoms. The van der Waals surface area contributed by atoms with Crippen molar-refractivity contribution in [2.45, 2.75) is 61.6 Å². The zero-order valence-electron chi connectivity index (χ0n) is 23.3. The second-order valence-corrected chi connectivity index (χ2v) is 12.9. The largest absolute Gasteiger partial charge is 0.497 e. The molecule has 1 aromatic rings. The smallest absolute Gasteiger partial charge is 0.311 e. The maximum atomic E-state index is 14.7. The normalized spacial score (nSPS) is 30.4. The molecule has 2 amide bonds. The third kappa shape index (κ3) is 4.67. The Kier molecular flexibility index (Phi) is 8.52. The molecule has 0 saturated carbocycles. The predicted molar refractivity (Wildman–Crippen MR) is 153 cm³/mol. The maximum Gasteiger partial charge on any atom is 0.311 e. The summed E-state index contributed by atoms with van der Waals surface area (Å²) in [5.41, 5.74) is 0.655. The Hall–Kier alpha value is -2.78. The van der Waals surface area contributed by atoms with Crippen molar-refractivity contribution in [2.75, 3.05) is 31.8 Å². The first-order valence-electron chi connectivity index (χ1n) is 13.6. The molecule has 1 spiro atoms. The van der Waals surface area contributed by atoms with Crippen molar-refractivity contribution in [2.24, 2.45) is 17.8 Å². The third-order valence-electron chi connectivity index (χ3n) is 8.85. The van der Waals surface area contributed by atoms with E-state index in [9.17, 15) is 19.5 Å². The minimum Gasteiger partial charge on any atom is -0.497 e. The lowest BCUT2D eigenvalue weighted by atomic mass is 9.66. The summed E-state index contributed by atoms with van der Waals surface area (Å²) in [6.45, 7) is 13.5. The van der Waals surface area contributed by atoms with E-state index in [1.54, 1.807) is 46.9 Å². The molecule has 7 atom stereocenters. The summed E-state index contributed by atoms with van der Waals surface area (Å²) in [4.78, 5) is 45.7. The van der Waals surface area contributed by atoms with Crippen molar-refractivity contribution in [1.29, 1.82) is 0 Å². The number of ether oxygens (including phenoxy) is 2. The van der Waals surface area contributed by atoms with Gasteiger partial charge in [0.05, 0.1) is 36.3 Å². The standard InChI is InChI=1S/C30H40N2O6S/c1-7-16-31(20-10-12-21(37-6)13-11-20)27(35)25-30-15-14-29(5,39-30)24(28(36)38-17-8-2)23(30)26(34)32(25)22(18-33)19(4)9-3/h7-8,10-13,19,22-25,33H,1-2,9,14-18H2,3-6H3/t19-,22-,23-,24-,25?,29+,30?/m0/s1. The summed E-state index contributed by atoms with van der Waals surface area (Å²) in [6, 6.07) is 5.78. The van der Waals surface area contributed by atoms with Crippen LogP contribution in [0.25, 0.3) is 0 Å². The SMILES string of the molecule is C=CCOC(=O)[C@@H]1[C@H]2C(=O)N([C@@H](CO)[C@@H](C)CC)C(C(=O)N(CC=C)c3ccc(OC)cc3)C23CC[C@@]1(C)S3. The van der Waals surface area contributed by atoms with Gasteiger partial charge in [0, 0.05) is 17.0 Å². The molecule has 212 valence electrons. The fourth-order valence-electron chi connectivity index (χ4n) is 6.76. The Morgan fingerprint density at radius 2 is 1.95 bits per heavy atom. The second-order valence-electron chi connectivity index (χ2n) is 11.0. The van der Waals surface area contributed by atoms with Crippen LogP contribution in [0, 0.1) is 17.8 Å². The number of fused-ring (bicyclic) bond motifs is 1. The summed E-state index contributed by atoms with van der Waals surface area (Å²) in [7, 11) is 1.58. The zero-order valence-corrected chi connectivity index (χ0v) is 24.1. The van der Waals surface area contributed by atoms with E-state index in [0.717, 1.165) is 6.42 Å². The van der Waals surface area contributed by atoms with Crippen molar-refractivity contribution in [3.05, 3.63) is 49.6 Å². The number of aliphatic hydroxyl groups excluding tert-OH is 1. The minimum atomic E-state index is -0.854. The number of nitrogens with zero attached hydrogens (tertiary/aromatic N) is 2. The number of likely N-dealkylation sites (tertiary alicyclic amines) is 1. The molecule has 0 radical (unpaired) electrons. The summed E-state index contributed by atoms with van der Waals surface area (Å²) in [6.07, 6.45) is 5.19. The number of carbonyl (C=O) groups is 3. The van der Waals surface area contributed by atoms with Gasteiger partial charge in [0.1, 0.15) is 18.4 Å². The lowest BCUT2D eigenvalue weighted by Gasteiger charge is -2.41. The summed E-state index contributed by atoms with van der Waals surface area (Å²) in [5, 5.41) is 10.5. The van der Waals surface area contributed by atoms with E-state index in [2.05, 4.69) is 13.2 Å². The van der Waals surface area contributed by atoms with Crippen LogP contribution >= 0.6 is 11.8 Å². The average molecular weight is 557 g/mol. The average Bonchev–Trinajstić information content (AvgIpc) is 3.51. The van der Waals surface area contributed by atoms with Crippen LogP contribution in [0.4, 0.5) is 5.69 Å². The number of anilines is 1. The number of methoxy groups -OCH3 is 1. The van der Waals surface area contributed by atoms with Crippen LogP contribution in [0.5, 0.6) is 5.75 Å². The van der Waals surface area contributed by atoms with E-state index in [4.69, 9.17) is 9.47 Å². The first kappa shape index (κ1) is 29.2. The number of aliphatic hydroxyl groups is 1. The highest BCUT2D eigenvalue weighted by Crippen LogP contribution is 2.72. The van der Waals surface area contributed by atoms with Gasteiger partial charge in [0.25, 0.3) is 5.91 Å². The van der Waals surface area contributed by atoms with Gasteiger partial charge in [-0.05, 0) is 49.9 Å². The van der Waals surface area contributed by atoms with Gasteiger partial charge in [0.2, 0.25) is 5.91 Å². The third-order valence-corrected chi connectivity index (χ3v) is 10.8. The summed E-state index contributed by atoms with van der Waals surface area (Å²) < 4.78 is 9.45. The van der Waals surface area contributed by atoms with Crippen molar-refractivity contribution >= 4 is 35.2 Å². The first-order chi connectivity index (χ1) is 18.6. The molecule has 3 aliphatic rings. The molecule has 1 aromatic carbocycles. The number of amides is 2. The molecule has 3 fully saturated rings. The number of thioether (sulfide) groups is 1. The summed E-state index contributed by atoms with van der Waals surface area (Å²) in [5.74, 6) is -1.72. The fraction of sp³-hybridized carbons (Fsp3) is 0.567. The Morgan fingerprint density at radius 3 is 2.51 bits per heavy atom. The van der Waals surface area contributed by atoms with Gasteiger partial charge in [-0.1, -0.05) is 39.0 Å².